The number of phenols is 1. The van der Waals surface area contributed by atoms with E-state index in [0.29, 0.717) is 27.0 Å². The first-order chi connectivity index (χ1) is 12.1. The number of rotatable bonds is 5. The fraction of sp³-hybridized carbons (Fsp3) is 0.350. The molecule has 140 valence electrons. The van der Waals surface area contributed by atoms with E-state index in [2.05, 4.69) is 5.32 Å². The van der Waals surface area contributed by atoms with Crippen molar-refractivity contribution in [2.24, 2.45) is 0 Å². The third kappa shape index (κ3) is 5.32. The minimum Gasteiger partial charge on any atom is -0.508 e. The van der Waals surface area contributed by atoms with Crippen LogP contribution in [0.3, 0.4) is 0 Å². The standard InChI is InChI=1S/C20H23Cl2NO2S/c1-5-6-18(25)23-12-9-15(21)19(16(22)10-12)26-13-7-8-17(24)14(11-13)20(2,3)4/h7-11,24H,5-6H2,1-4H3,(H,23,25). The van der Waals surface area contributed by atoms with Gasteiger partial charge in [-0.25, -0.2) is 0 Å². The Labute approximate surface area is 169 Å². The number of nitrogens with one attached hydrogen (secondary N) is 1. The summed E-state index contributed by atoms with van der Waals surface area (Å²) in [7, 11) is 0. The lowest BCUT2D eigenvalue weighted by molar-refractivity contribution is -0.116. The Morgan fingerprint density at radius 3 is 2.31 bits per heavy atom. The van der Waals surface area contributed by atoms with Crippen molar-refractivity contribution in [3.8, 4) is 5.75 Å². The number of anilines is 1. The number of hydrogen-bond acceptors (Lipinski definition) is 3. The monoisotopic (exact) mass is 411 g/mol. The zero-order valence-corrected chi connectivity index (χ0v) is 17.6. The molecule has 0 aromatic heterocycles. The quantitative estimate of drug-likeness (QED) is 0.562. The van der Waals surface area contributed by atoms with E-state index in [-0.39, 0.29) is 17.1 Å². The van der Waals surface area contributed by atoms with Crippen molar-refractivity contribution in [2.45, 2.75) is 55.7 Å². The number of carbonyl (C=O) groups is 1. The van der Waals surface area contributed by atoms with E-state index in [1.54, 1.807) is 18.2 Å². The van der Waals surface area contributed by atoms with Crippen molar-refractivity contribution in [2.75, 3.05) is 5.32 Å². The normalized spacial score (nSPS) is 11.5. The Bertz CT molecular complexity index is 793. The molecule has 2 N–H and O–H groups in total. The smallest absolute Gasteiger partial charge is 0.224 e. The Kier molecular flexibility index (Phi) is 6.89. The highest BCUT2D eigenvalue weighted by Gasteiger charge is 2.19. The molecule has 0 aliphatic heterocycles. The van der Waals surface area contributed by atoms with Gasteiger partial charge in [0.2, 0.25) is 5.91 Å². The summed E-state index contributed by atoms with van der Waals surface area (Å²) in [5.41, 5.74) is 1.27. The lowest BCUT2D eigenvalue weighted by Gasteiger charge is -2.21. The predicted octanol–water partition coefficient (Wildman–Crippen LogP) is 6.89. The van der Waals surface area contributed by atoms with E-state index in [1.807, 2.05) is 39.8 Å². The Hall–Kier alpha value is -1.36. The molecule has 0 fully saturated rings. The molecule has 6 heteroatoms. The second-order valence-electron chi connectivity index (χ2n) is 7.10. The average Bonchev–Trinajstić information content (AvgIpc) is 2.51. The van der Waals surface area contributed by atoms with Crippen molar-refractivity contribution in [3.05, 3.63) is 45.9 Å². The number of benzene rings is 2. The van der Waals surface area contributed by atoms with Crippen LogP contribution in [-0.2, 0) is 10.2 Å². The maximum absolute atomic E-state index is 11.7. The van der Waals surface area contributed by atoms with E-state index in [1.165, 1.54) is 11.8 Å². The highest BCUT2D eigenvalue weighted by atomic mass is 35.5. The van der Waals surface area contributed by atoms with Crippen LogP contribution >= 0.6 is 35.0 Å². The van der Waals surface area contributed by atoms with Gasteiger partial charge < -0.3 is 10.4 Å². The largest absolute Gasteiger partial charge is 0.508 e. The highest BCUT2D eigenvalue weighted by Crippen LogP contribution is 2.42. The molecule has 0 aliphatic rings. The van der Waals surface area contributed by atoms with Gasteiger partial charge in [0.25, 0.3) is 0 Å². The first-order valence-corrected chi connectivity index (χ1v) is 9.99. The van der Waals surface area contributed by atoms with E-state index < -0.39 is 0 Å². The van der Waals surface area contributed by atoms with Gasteiger partial charge in [-0.05, 0) is 42.2 Å². The summed E-state index contributed by atoms with van der Waals surface area (Å²) in [4.78, 5) is 13.4. The Balaban J connectivity index is 2.29. The predicted molar refractivity (Wildman–Crippen MR) is 111 cm³/mol. The number of carbonyl (C=O) groups excluding carboxylic acids is 1. The molecule has 0 saturated heterocycles. The van der Waals surface area contributed by atoms with Crippen LogP contribution in [0.1, 0.15) is 46.1 Å². The van der Waals surface area contributed by atoms with Gasteiger partial charge in [0.05, 0.1) is 10.0 Å². The zero-order valence-electron chi connectivity index (χ0n) is 15.3. The molecule has 0 atom stereocenters. The minimum atomic E-state index is -0.179. The van der Waals surface area contributed by atoms with Crippen molar-refractivity contribution >= 4 is 46.6 Å². The molecule has 0 spiro atoms. The second kappa shape index (κ2) is 8.55. The van der Waals surface area contributed by atoms with Crippen molar-refractivity contribution in [1.82, 2.24) is 0 Å². The molecule has 2 rings (SSSR count). The molecule has 0 aliphatic carbocycles. The van der Waals surface area contributed by atoms with Crippen LogP contribution in [0.25, 0.3) is 0 Å². The third-order valence-electron chi connectivity index (χ3n) is 3.76. The van der Waals surface area contributed by atoms with Gasteiger partial charge in [0, 0.05) is 27.5 Å². The van der Waals surface area contributed by atoms with Gasteiger partial charge in [-0.2, -0.15) is 0 Å². The van der Waals surface area contributed by atoms with Gasteiger partial charge in [0.15, 0.2) is 0 Å². The van der Waals surface area contributed by atoms with Crippen LogP contribution in [0.2, 0.25) is 10.0 Å². The molecule has 0 heterocycles. The summed E-state index contributed by atoms with van der Waals surface area (Å²) in [6, 6.07) is 8.87. The molecule has 0 saturated carbocycles. The summed E-state index contributed by atoms with van der Waals surface area (Å²) >= 11 is 14.2. The summed E-state index contributed by atoms with van der Waals surface area (Å²) in [6.45, 7) is 8.08. The number of amides is 1. The van der Waals surface area contributed by atoms with E-state index >= 15 is 0 Å². The van der Waals surface area contributed by atoms with E-state index in [9.17, 15) is 9.90 Å². The van der Waals surface area contributed by atoms with Gasteiger partial charge in [-0.3, -0.25) is 4.79 Å². The summed E-state index contributed by atoms with van der Waals surface area (Å²) < 4.78 is 0. The molecule has 3 nitrogen and oxygen atoms in total. The number of aromatic hydroxyl groups is 1. The molecule has 26 heavy (non-hydrogen) atoms. The Morgan fingerprint density at radius 2 is 1.77 bits per heavy atom. The van der Waals surface area contributed by atoms with Gasteiger partial charge in [-0.15, -0.1) is 0 Å². The number of phenolic OH excluding ortho intramolecular Hbond substituents is 1. The maximum Gasteiger partial charge on any atom is 0.224 e. The molecule has 2 aromatic rings. The summed E-state index contributed by atoms with van der Waals surface area (Å²) in [5.74, 6) is 0.210. The van der Waals surface area contributed by atoms with E-state index in [0.717, 1.165) is 16.9 Å². The SMILES string of the molecule is CCCC(=O)Nc1cc(Cl)c(Sc2ccc(O)c(C(C)(C)C)c2)c(Cl)c1. The summed E-state index contributed by atoms with van der Waals surface area (Å²) in [5, 5.41) is 13.9. The van der Waals surface area contributed by atoms with Crippen LogP contribution in [0, 0.1) is 0 Å². The lowest BCUT2D eigenvalue weighted by atomic mass is 9.86. The molecule has 1 amide bonds. The molecule has 0 bridgehead atoms. The topological polar surface area (TPSA) is 49.3 Å². The van der Waals surface area contributed by atoms with Crippen molar-refractivity contribution in [3.63, 3.8) is 0 Å². The third-order valence-corrected chi connectivity index (χ3v) is 5.71. The van der Waals surface area contributed by atoms with Gasteiger partial charge in [-0.1, -0.05) is 62.7 Å². The second-order valence-corrected chi connectivity index (χ2v) is 9.00. The molecule has 2 aromatic carbocycles. The van der Waals surface area contributed by atoms with E-state index in [4.69, 9.17) is 23.2 Å². The molecule has 0 unspecified atom stereocenters. The maximum atomic E-state index is 11.7. The zero-order chi connectivity index (χ0) is 19.5. The van der Waals surface area contributed by atoms with Crippen molar-refractivity contribution in [1.29, 1.82) is 0 Å². The van der Waals surface area contributed by atoms with Crippen LogP contribution < -0.4 is 5.32 Å². The number of hydrogen-bond donors (Lipinski definition) is 2. The number of halogens is 2. The van der Waals surface area contributed by atoms with Crippen molar-refractivity contribution < 1.29 is 9.90 Å². The van der Waals surface area contributed by atoms with Crippen LogP contribution in [0.4, 0.5) is 5.69 Å². The summed E-state index contributed by atoms with van der Waals surface area (Å²) in [6.07, 6.45) is 1.23. The highest BCUT2D eigenvalue weighted by molar-refractivity contribution is 7.99. The van der Waals surface area contributed by atoms with Crippen LogP contribution in [0.15, 0.2) is 40.1 Å². The minimum absolute atomic E-state index is 0.0617. The molecular weight excluding hydrogens is 389 g/mol. The fourth-order valence-electron chi connectivity index (χ4n) is 2.48. The molecular formula is C20H23Cl2NO2S. The Morgan fingerprint density at radius 1 is 1.15 bits per heavy atom. The average molecular weight is 412 g/mol. The fourth-order valence-corrected chi connectivity index (χ4v) is 4.06. The first-order valence-electron chi connectivity index (χ1n) is 8.42. The van der Waals surface area contributed by atoms with Gasteiger partial charge in [0.1, 0.15) is 5.75 Å². The van der Waals surface area contributed by atoms with Gasteiger partial charge >= 0.3 is 0 Å². The first kappa shape index (κ1) is 20.9. The lowest BCUT2D eigenvalue weighted by Crippen LogP contribution is -2.11. The molecule has 0 radical (unpaired) electrons. The van der Waals surface area contributed by atoms with Crippen LogP contribution in [0.5, 0.6) is 5.75 Å². The van der Waals surface area contributed by atoms with Crippen LogP contribution in [-0.4, -0.2) is 11.0 Å².